The second-order valence-electron chi connectivity index (χ2n) is 5.00. The molecule has 1 N–H and O–H groups in total. The van der Waals surface area contributed by atoms with Gasteiger partial charge in [0.15, 0.2) is 0 Å². The van der Waals surface area contributed by atoms with Crippen LogP contribution in [0.2, 0.25) is 0 Å². The van der Waals surface area contributed by atoms with E-state index >= 15 is 0 Å². The molecule has 0 spiro atoms. The van der Waals surface area contributed by atoms with Crippen molar-refractivity contribution >= 4 is 17.3 Å². The molecule has 23 heavy (non-hydrogen) atoms. The van der Waals surface area contributed by atoms with Crippen LogP contribution in [0.15, 0.2) is 35.4 Å². The van der Waals surface area contributed by atoms with Crippen molar-refractivity contribution in [3.05, 3.63) is 62.3 Å². The van der Waals surface area contributed by atoms with Crippen LogP contribution in [0.5, 0.6) is 0 Å². The molecule has 0 aliphatic rings. The van der Waals surface area contributed by atoms with Crippen molar-refractivity contribution in [1.82, 2.24) is 9.55 Å². The molecule has 120 valence electrons. The first-order valence-corrected chi connectivity index (χ1v) is 7.01. The van der Waals surface area contributed by atoms with Crippen LogP contribution >= 0.6 is 0 Å². The molecule has 0 saturated carbocycles. The number of nitro groups is 1. The second kappa shape index (κ2) is 6.82. The highest BCUT2D eigenvalue weighted by Crippen LogP contribution is 2.21. The fourth-order valence-electron chi connectivity index (χ4n) is 2.02. The topological polar surface area (TPSA) is 107 Å². The molecule has 0 aliphatic carbocycles. The Hall–Kier alpha value is -3.03. The van der Waals surface area contributed by atoms with E-state index in [1.165, 1.54) is 35.2 Å². The predicted octanol–water partition coefficient (Wildman–Crippen LogP) is 1.66. The molecular formula is C15H16N4O4. The number of anilines is 1. The van der Waals surface area contributed by atoms with Gasteiger partial charge in [0.2, 0.25) is 5.91 Å². The van der Waals surface area contributed by atoms with E-state index in [1.807, 2.05) is 6.92 Å². The number of carbonyl (C=O) groups is 1. The van der Waals surface area contributed by atoms with Crippen LogP contribution in [0, 0.1) is 17.0 Å². The van der Waals surface area contributed by atoms with Crippen molar-refractivity contribution in [2.24, 2.45) is 0 Å². The van der Waals surface area contributed by atoms with Crippen LogP contribution in [0.4, 0.5) is 11.4 Å². The van der Waals surface area contributed by atoms with E-state index in [4.69, 9.17) is 0 Å². The third kappa shape index (κ3) is 4.00. The maximum atomic E-state index is 12.0. The lowest BCUT2D eigenvalue weighted by atomic mass is 10.2. The summed E-state index contributed by atoms with van der Waals surface area (Å²) >= 11 is 0. The van der Waals surface area contributed by atoms with Crippen LogP contribution < -0.4 is 10.9 Å². The number of rotatable bonds is 5. The number of carbonyl (C=O) groups excluding carboxylic acids is 1. The van der Waals surface area contributed by atoms with E-state index in [9.17, 15) is 19.7 Å². The Labute approximate surface area is 131 Å². The van der Waals surface area contributed by atoms with Gasteiger partial charge < -0.3 is 5.32 Å². The van der Waals surface area contributed by atoms with Crippen molar-refractivity contribution < 1.29 is 9.72 Å². The van der Waals surface area contributed by atoms with Gasteiger partial charge in [0.25, 0.3) is 11.2 Å². The van der Waals surface area contributed by atoms with Crippen molar-refractivity contribution in [3.8, 4) is 0 Å². The summed E-state index contributed by atoms with van der Waals surface area (Å²) in [6.07, 6.45) is 1.98. The number of aromatic nitrogens is 2. The number of non-ortho nitro benzene ring substituents is 1. The van der Waals surface area contributed by atoms with Crippen molar-refractivity contribution in [1.29, 1.82) is 0 Å². The van der Waals surface area contributed by atoms with Gasteiger partial charge in [0, 0.05) is 29.6 Å². The fourth-order valence-corrected chi connectivity index (χ4v) is 2.02. The molecule has 8 nitrogen and oxygen atoms in total. The fraction of sp³-hybridized carbons (Fsp3) is 0.267. The largest absolute Gasteiger partial charge is 0.324 e. The van der Waals surface area contributed by atoms with E-state index in [0.29, 0.717) is 23.4 Å². The Morgan fingerprint density at radius 1 is 1.39 bits per heavy atom. The van der Waals surface area contributed by atoms with E-state index in [-0.39, 0.29) is 17.8 Å². The first-order valence-electron chi connectivity index (χ1n) is 7.01. The second-order valence-corrected chi connectivity index (χ2v) is 5.00. The lowest BCUT2D eigenvalue weighted by molar-refractivity contribution is -0.384. The normalized spacial score (nSPS) is 10.3. The molecule has 0 bridgehead atoms. The zero-order chi connectivity index (χ0) is 17.0. The van der Waals surface area contributed by atoms with E-state index in [2.05, 4.69) is 10.3 Å². The average molecular weight is 316 g/mol. The lowest BCUT2D eigenvalue weighted by Crippen LogP contribution is -2.28. The van der Waals surface area contributed by atoms with Gasteiger partial charge >= 0.3 is 0 Å². The minimum Gasteiger partial charge on any atom is -0.324 e. The molecule has 1 heterocycles. The molecule has 1 amide bonds. The zero-order valence-electron chi connectivity index (χ0n) is 12.8. The Bertz CT molecular complexity index is 813. The van der Waals surface area contributed by atoms with Crippen LogP contribution in [0.1, 0.15) is 18.2 Å². The lowest BCUT2D eigenvalue weighted by Gasteiger charge is -2.09. The molecule has 0 aliphatic heterocycles. The van der Waals surface area contributed by atoms with E-state index in [1.54, 1.807) is 6.92 Å². The van der Waals surface area contributed by atoms with Gasteiger partial charge in [-0.05, 0) is 25.0 Å². The smallest absolute Gasteiger partial charge is 0.269 e. The quantitative estimate of drug-likeness (QED) is 0.667. The first-order chi connectivity index (χ1) is 10.9. The molecule has 0 unspecified atom stereocenters. The Balaban J connectivity index is 2.11. The highest BCUT2D eigenvalue weighted by Gasteiger charge is 2.11. The summed E-state index contributed by atoms with van der Waals surface area (Å²) < 4.78 is 1.20. The predicted molar refractivity (Wildman–Crippen MR) is 84.3 cm³/mol. The number of aryl methyl sites for hydroxylation is 2. The van der Waals surface area contributed by atoms with Crippen LogP contribution in [0.3, 0.4) is 0 Å². The van der Waals surface area contributed by atoms with Gasteiger partial charge in [0.05, 0.1) is 11.3 Å². The van der Waals surface area contributed by atoms with Gasteiger partial charge in [-0.15, -0.1) is 0 Å². The summed E-state index contributed by atoms with van der Waals surface area (Å²) in [5.41, 5.74) is 1.35. The number of hydrogen-bond donors (Lipinski definition) is 1. The number of nitrogens with one attached hydrogen (secondary N) is 1. The maximum absolute atomic E-state index is 12.0. The van der Waals surface area contributed by atoms with Gasteiger partial charge in [-0.2, -0.15) is 0 Å². The SMILES string of the molecule is CCc1cc(=O)n(CC(=O)Nc2ccc([N+](=O)[O-])cc2C)cn1. The number of nitro benzene ring substituents is 1. The molecule has 8 heteroatoms. The van der Waals surface area contributed by atoms with Gasteiger partial charge in [-0.3, -0.25) is 24.3 Å². The monoisotopic (exact) mass is 316 g/mol. The van der Waals surface area contributed by atoms with Gasteiger partial charge in [-0.1, -0.05) is 6.92 Å². The number of nitrogens with zero attached hydrogens (tertiary/aromatic N) is 3. The van der Waals surface area contributed by atoms with E-state index in [0.717, 1.165) is 0 Å². The molecule has 0 radical (unpaired) electrons. The van der Waals surface area contributed by atoms with Crippen LogP contribution in [-0.2, 0) is 17.8 Å². The molecule has 1 aromatic carbocycles. The highest BCUT2D eigenvalue weighted by molar-refractivity contribution is 5.91. The third-order valence-corrected chi connectivity index (χ3v) is 3.31. The van der Waals surface area contributed by atoms with Gasteiger partial charge in [0.1, 0.15) is 6.54 Å². The molecular weight excluding hydrogens is 300 g/mol. The molecule has 0 atom stereocenters. The zero-order valence-corrected chi connectivity index (χ0v) is 12.8. The summed E-state index contributed by atoms with van der Waals surface area (Å²) in [4.78, 5) is 38.1. The summed E-state index contributed by atoms with van der Waals surface area (Å²) in [5.74, 6) is -0.407. The summed E-state index contributed by atoms with van der Waals surface area (Å²) in [5, 5.41) is 13.3. The molecule has 2 rings (SSSR count). The van der Waals surface area contributed by atoms with Crippen molar-refractivity contribution in [2.75, 3.05) is 5.32 Å². The molecule has 1 aromatic heterocycles. The summed E-state index contributed by atoms with van der Waals surface area (Å²) in [7, 11) is 0. The Morgan fingerprint density at radius 2 is 2.13 bits per heavy atom. The Kier molecular flexibility index (Phi) is 4.85. The highest BCUT2D eigenvalue weighted by atomic mass is 16.6. The van der Waals surface area contributed by atoms with Crippen molar-refractivity contribution in [2.45, 2.75) is 26.8 Å². The van der Waals surface area contributed by atoms with Gasteiger partial charge in [-0.25, -0.2) is 4.98 Å². The number of hydrogen-bond acceptors (Lipinski definition) is 5. The maximum Gasteiger partial charge on any atom is 0.269 e. The summed E-state index contributed by atoms with van der Waals surface area (Å²) in [6.45, 7) is 3.37. The van der Waals surface area contributed by atoms with Crippen molar-refractivity contribution in [3.63, 3.8) is 0 Å². The molecule has 2 aromatic rings. The third-order valence-electron chi connectivity index (χ3n) is 3.31. The van der Waals surface area contributed by atoms with Crippen LogP contribution in [0.25, 0.3) is 0 Å². The number of benzene rings is 1. The number of amides is 1. The minimum absolute atomic E-state index is 0.0453. The van der Waals surface area contributed by atoms with E-state index < -0.39 is 10.8 Å². The van der Waals surface area contributed by atoms with Crippen LogP contribution in [-0.4, -0.2) is 20.4 Å². The molecule has 0 saturated heterocycles. The minimum atomic E-state index is -0.501. The summed E-state index contributed by atoms with van der Waals surface area (Å²) in [6, 6.07) is 5.54. The standard InChI is InChI=1S/C15H16N4O4/c1-3-11-7-15(21)18(9-16-11)8-14(20)17-13-5-4-12(19(22)23)6-10(13)2/h4-7,9H,3,8H2,1-2H3,(H,17,20). The Morgan fingerprint density at radius 3 is 2.70 bits per heavy atom. The first kappa shape index (κ1) is 16.3. The molecule has 0 fully saturated rings. The average Bonchev–Trinajstić information content (AvgIpc) is 2.51.